The SMILES string of the molecule is C/C(=C(/CCO)[35S]SCC1CCCO1)N(C=O)Cc1cnc(C)nc1N.Cl. The molecule has 0 bridgehead atoms. The van der Waals surface area contributed by atoms with E-state index >= 15 is 0 Å². The highest BCUT2D eigenvalue weighted by atomic mass is 35.5. The Hall–Kier alpha value is -1.00. The summed E-state index contributed by atoms with van der Waals surface area (Å²) in [5, 5.41) is 9.39. The minimum Gasteiger partial charge on any atom is -0.396 e. The second kappa shape index (κ2) is 12.5. The van der Waals surface area contributed by atoms with Gasteiger partial charge in [-0.3, -0.25) is 4.79 Å². The van der Waals surface area contributed by atoms with Gasteiger partial charge in [-0.2, -0.15) is 0 Å². The summed E-state index contributed by atoms with van der Waals surface area (Å²) in [6.45, 7) is 4.82. The number of carbonyl (C=O) groups excluding carboxylic acids is 1. The third kappa shape index (κ3) is 7.50. The molecule has 0 radical (unpaired) electrons. The number of carbonyl (C=O) groups is 1. The zero-order valence-corrected chi connectivity index (χ0v) is 18.0. The van der Waals surface area contributed by atoms with Crippen LogP contribution in [0.1, 0.15) is 37.6 Å². The van der Waals surface area contributed by atoms with E-state index in [1.54, 1.807) is 39.6 Å². The maximum atomic E-state index is 11.6. The molecule has 1 fully saturated rings. The van der Waals surface area contributed by atoms with E-state index in [4.69, 9.17) is 10.5 Å². The number of aliphatic hydroxyl groups excluding tert-OH is 1. The molecule has 0 aromatic carbocycles. The zero-order chi connectivity index (χ0) is 18.9. The average Bonchev–Trinajstić information content (AvgIpc) is 3.13. The highest BCUT2D eigenvalue weighted by Crippen LogP contribution is 2.37. The third-order valence-electron chi connectivity index (χ3n) is 4.10. The number of nitrogens with zero attached hydrogens (tertiary/aromatic N) is 3. The van der Waals surface area contributed by atoms with Crippen LogP contribution >= 0.6 is 34.0 Å². The van der Waals surface area contributed by atoms with Gasteiger partial charge in [0.05, 0.1) is 12.6 Å². The smallest absolute Gasteiger partial charge is 0.214 e. The lowest BCUT2D eigenvalue weighted by Crippen LogP contribution is -2.22. The van der Waals surface area contributed by atoms with Gasteiger partial charge in [-0.1, -0.05) is 21.6 Å². The number of nitrogens with two attached hydrogens (primary N) is 1. The van der Waals surface area contributed by atoms with Crippen LogP contribution in [0.4, 0.5) is 5.82 Å². The molecule has 0 spiro atoms. The molecule has 27 heavy (non-hydrogen) atoms. The first kappa shape index (κ1) is 24.0. The standard InChI is InChI=1S/C17H26N4O3S2.ClH/c1-12(16(5-6-22)26-25-10-15-4-3-7-24-15)21(11-23)9-14-8-19-13(2)20-17(14)18;/h8,11,15,22H,3-7,9-10H2,1-2H3,(H2,18,19,20);1H/b16-12+;/i26+3;. The van der Waals surface area contributed by atoms with E-state index < -0.39 is 0 Å². The van der Waals surface area contributed by atoms with Crippen molar-refractivity contribution in [1.29, 1.82) is 0 Å². The Morgan fingerprint density at radius 2 is 2.37 bits per heavy atom. The molecule has 10 heteroatoms. The molecular formula is C17H27ClN4O3S2. The Balaban J connectivity index is 0.00000364. The fourth-order valence-electron chi connectivity index (χ4n) is 2.55. The fourth-order valence-corrected chi connectivity index (χ4v) is 5.29. The summed E-state index contributed by atoms with van der Waals surface area (Å²) in [4.78, 5) is 22.5. The molecule has 152 valence electrons. The van der Waals surface area contributed by atoms with Crippen LogP contribution in [-0.2, 0) is 16.1 Å². The summed E-state index contributed by atoms with van der Waals surface area (Å²) in [5.74, 6) is 1.87. The van der Waals surface area contributed by atoms with Crippen molar-refractivity contribution in [2.75, 3.05) is 24.7 Å². The van der Waals surface area contributed by atoms with Crippen LogP contribution in [0.25, 0.3) is 0 Å². The van der Waals surface area contributed by atoms with E-state index in [1.165, 1.54) is 0 Å². The number of halogens is 1. The van der Waals surface area contributed by atoms with Gasteiger partial charge in [-0.15, -0.1) is 12.4 Å². The van der Waals surface area contributed by atoms with Crippen LogP contribution in [-0.4, -0.2) is 51.5 Å². The van der Waals surface area contributed by atoms with Gasteiger partial charge in [-0.05, 0) is 26.7 Å². The molecule has 1 atom stereocenters. The largest absolute Gasteiger partial charge is 0.396 e. The highest BCUT2D eigenvalue weighted by molar-refractivity contribution is 8.78. The minimum absolute atomic E-state index is 0. The highest BCUT2D eigenvalue weighted by Gasteiger charge is 2.18. The van der Waals surface area contributed by atoms with Crippen LogP contribution < -0.4 is 5.73 Å². The molecule has 1 aliphatic heterocycles. The first-order chi connectivity index (χ1) is 12.5. The second-order valence-corrected chi connectivity index (χ2v) is 8.48. The molecule has 1 aliphatic rings. The lowest BCUT2D eigenvalue weighted by atomic mass is 10.2. The van der Waals surface area contributed by atoms with Gasteiger partial charge in [0.2, 0.25) is 6.41 Å². The summed E-state index contributed by atoms with van der Waals surface area (Å²) >= 11 is 0. The number of aryl methyl sites for hydroxylation is 1. The summed E-state index contributed by atoms with van der Waals surface area (Å²) in [5.41, 5.74) is 7.44. The Labute approximate surface area is 174 Å². The molecule has 3 N–H and O–H groups in total. The molecule has 1 aromatic heterocycles. The Kier molecular flexibility index (Phi) is 11.1. The summed E-state index contributed by atoms with van der Waals surface area (Å²) in [6.07, 6.45) is 5.43. The zero-order valence-electron chi connectivity index (χ0n) is 15.6. The topological polar surface area (TPSA) is 102 Å². The van der Waals surface area contributed by atoms with Gasteiger partial charge in [-0.25, -0.2) is 9.97 Å². The van der Waals surface area contributed by atoms with Crippen LogP contribution in [0.3, 0.4) is 0 Å². The van der Waals surface area contributed by atoms with E-state index in [0.717, 1.165) is 42.2 Å². The van der Waals surface area contributed by atoms with Crippen LogP contribution in [0.2, 0.25) is 0 Å². The summed E-state index contributed by atoms with van der Waals surface area (Å²) < 4.78 is 5.63. The Morgan fingerprint density at radius 3 is 2.96 bits per heavy atom. The lowest BCUT2D eigenvalue weighted by molar-refractivity contribution is -0.116. The van der Waals surface area contributed by atoms with Crippen molar-refractivity contribution in [2.24, 2.45) is 0 Å². The number of ether oxygens (including phenoxy) is 1. The van der Waals surface area contributed by atoms with Crippen LogP contribution in [0, 0.1) is 6.92 Å². The molecule has 7 nitrogen and oxygen atoms in total. The Morgan fingerprint density at radius 1 is 1.59 bits per heavy atom. The fraction of sp³-hybridized carbons (Fsp3) is 0.588. The monoisotopic (exact) mass is 437 g/mol. The van der Waals surface area contributed by atoms with Crippen molar-refractivity contribution in [2.45, 2.75) is 45.8 Å². The first-order valence-electron chi connectivity index (χ1n) is 8.56. The van der Waals surface area contributed by atoms with Gasteiger partial charge >= 0.3 is 0 Å². The average molecular weight is 438 g/mol. The number of nitrogen functional groups attached to an aromatic ring is 1. The summed E-state index contributed by atoms with van der Waals surface area (Å²) in [6, 6.07) is 0. The van der Waals surface area contributed by atoms with Gasteiger partial charge in [0.25, 0.3) is 0 Å². The number of aliphatic hydroxyl groups is 1. The maximum absolute atomic E-state index is 11.6. The summed E-state index contributed by atoms with van der Waals surface area (Å²) in [7, 11) is 3.29. The predicted octanol–water partition coefficient (Wildman–Crippen LogP) is 2.92. The van der Waals surface area contributed by atoms with Gasteiger partial charge < -0.3 is 20.5 Å². The molecule has 2 rings (SSSR count). The lowest BCUT2D eigenvalue weighted by Gasteiger charge is -2.22. The van der Waals surface area contributed by atoms with Crippen molar-refractivity contribution in [3.05, 3.63) is 28.2 Å². The van der Waals surface area contributed by atoms with Crippen molar-refractivity contribution in [3.8, 4) is 0 Å². The van der Waals surface area contributed by atoms with Crippen LogP contribution in [0.15, 0.2) is 16.8 Å². The molecule has 0 saturated carbocycles. The molecule has 1 amide bonds. The number of aromatic nitrogens is 2. The van der Waals surface area contributed by atoms with E-state index in [0.29, 0.717) is 36.3 Å². The number of hydrogen-bond acceptors (Lipinski definition) is 8. The van der Waals surface area contributed by atoms with Crippen molar-refractivity contribution in [3.63, 3.8) is 0 Å². The number of amides is 1. The number of allylic oxidation sites excluding steroid dienone is 1. The second-order valence-electron chi connectivity index (χ2n) is 6.05. The van der Waals surface area contributed by atoms with E-state index in [-0.39, 0.29) is 19.0 Å². The number of hydrogen-bond donors (Lipinski definition) is 2. The number of anilines is 1. The molecule has 0 aliphatic carbocycles. The molecule has 1 saturated heterocycles. The van der Waals surface area contributed by atoms with Crippen LogP contribution in [0.5, 0.6) is 0 Å². The molecule has 1 unspecified atom stereocenters. The van der Waals surface area contributed by atoms with Crippen molar-refractivity contribution in [1.82, 2.24) is 14.9 Å². The first-order valence-corrected chi connectivity index (χ1v) is 10.9. The molecule has 2 heterocycles. The van der Waals surface area contributed by atoms with Crippen molar-refractivity contribution >= 4 is 46.2 Å². The van der Waals surface area contributed by atoms with Gasteiger partial charge in [0.1, 0.15) is 11.6 Å². The predicted molar refractivity (Wildman–Crippen MR) is 113 cm³/mol. The molecule has 1 aromatic rings. The molecular weight excluding hydrogens is 411 g/mol. The normalized spacial score (nSPS) is 17.2. The van der Waals surface area contributed by atoms with Gasteiger partial charge in [0, 0.05) is 47.7 Å². The minimum atomic E-state index is 0. The number of rotatable bonds is 10. The van der Waals surface area contributed by atoms with Gasteiger partial charge in [0.15, 0.2) is 0 Å². The Bertz CT molecular complexity index is 643. The van der Waals surface area contributed by atoms with Crippen molar-refractivity contribution < 1.29 is 14.6 Å². The third-order valence-corrected chi connectivity index (χ3v) is 6.79. The van der Waals surface area contributed by atoms with E-state index in [9.17, 15) is 9.90 Å². The van der Waals surface area contributed by atoms with E-state index in [1.807, 2.05) is 6.92 Å². The maximum Gasteiger partial charge on any atom is 0.214 e. The quantitative estimate of drug-likeness (QED) is 0.425. The van der Waals surface area contributed by atoms with E-state index in [2.05, 4.69) is 9.97 Å².